The molecule has 0 heterocycles. The molecule has 0 atom stereocenters. The van der Waals surface area contributed by atoms with Gasteiger partial charge in [-0.1, -0.05) is 78.1 Å². The predicted molar refractivity (Wildman–Crippen MR) is 135 cm³/mol. The van der Waals surface area contributed by atoms with Crippen LogP contribution in [0.25, 0.3) is 0 Å². The Balaban J connectivity index is 1.64. The molecule has 2 aromatic rings. The topological polar surface area (TPSA) is 43.2 Å². The van der Waals surface area contributed by atoms with Gasteiger partial charge in [-0.05, 0) is 61.4 Å². The lowest BCUT2D eigenvalue weighted by Gasteiger charge is -2.06. The lowest BCUT2D eigenvalue weighted by atomic mass is 10.1. The fourth-order valence-corrected chi connectivity index (χ4v) is 3.48. The summed E-state index contributed by atoms with van der Waals surface area (Å²) in [6.45, 7) is 6.05. The van der Waals surface area contributed by atoms with E-state index in [1.807, 2.05) is 48.5 Å². The van der Waals surface area contributed by atoms with Gasteiger partial charge in [0.2, 0.25) is 0 Å². The predicted octanol–water partition coefficient (Wildman–Crippen LogP) is 9.58. The summed E-state index contributed by atoms with van der Waals surface area (Å²) in [4.78, 5) is 0. The number of ether oxygens (including phenoxy) is 2. The van der Waals surface area contributed by atoms with E-state index in [4.69, 9.17) is 9.47 Å². The molecule has 0 unspecified atom stereocenters. The van der Waals surface area contributed by atoms with Crippen LogP contribution >= 0.6 is 0 Å². The molecule has 0 radical (unpaired) electrons. The molecule has 0 aliphatic heterocycles. The van der Waals surface area contributed by atoms with Gasteiger partial charge in [0.05, 0.1) is 24.6 Å². The summed E-state index contributed by atoms with van der Waals surface area (Å²) in [6, 6.07) is 15.6. The third-order valence-electron chi connectivity index (χ3n) is 5.49. The number of unbranched alkanes of at least 4 members (excludes halogenated alkanes) is 10. The highest BCUT2D eigenvalue weighted by molar-refractivity contribution is 5.44. The van der Waals surface area contributed by atoms with Gasteiger partial charge >= 0.3 is 0 Å². The number of rotatable bonds is 18. The van der Waals surface area contributed by atoms with Gasteiger partial charge in [-0.3, -0.25) is 0 Å². The van der Waals surface area contributed by atoms with Crippen molar-refractivity contribution in [1.82, 2.24) is 0 Å². The van der Waals surface area contributed by atoms with Crippen LogP contribution in [0.15, 0.2) is 58.8 Å². The van der Waals surface area contributed by atoms with Crippen LogP contribution in [0.3, 0.4) is 0 Å². The van der Waals surface area contributed by atoms with Crippen molar-refractivity contribution in [2.24, 2.45) is 10.2 Å². The Morgan fingerprint density at radius 1 is 0.469 bits per heavy atom. The lowest BCUT2D eigenvalue weighted by molar-refractivity contribution is 0.304. The van der Waals surface area contributed by atoms with Gasteiger partial charge in [-0.25, -0.2) is 0 Å². The molecular weight excluding hydrogens is 396 g/mol. The molecule has 0 saturated carbocycles. The van der Waals surface area contributed by atoms with Crippen LogP contribution in [-0.4, -0.2) is 13.2 Å². The maximum atomic E-state index is 5.82. The molecule has 4 heteroatoms. The van der Waals surface area contributed by atoms with Crippen LogP contribution in [0.4, 0.5) is 11.4 Å². The Morgan fingerprint density at radius 2 is 0.812 bits per heavy atom. The Morgan fingerprint density at radius 3 is 1.19 bits per heavy atom. The zero-order chi connectivity index (χ0) is 22.7. The summed E-state index contributed by atoms with van der Waals surface area (Å²) >= 11 is 0. The van der Waals surface area contributed by atoms with E-state index >= 15 is 0 Å². The highest BCUT2D eigenvalue weighted by atomic mass is 16.5. The van der Waals surface area contributed by atoms with E-state index in [-0.39, 0.29) is 0 Å². The van der Waals surface area contributed by atoms with Gasteiger partial charge in [0.25, 0.3) is 0 Å². The van der Waals surface area contributed by atoms with E-state index in [9.17, 15) is 0 Å². The van der Waals surface area contributed by atoms with E-state index in [2.05, 4.69) is 24.1 Å². The summed E-state index contributed by atoms with van der Waals surface area (Å²) in [7, 11) is 0. The first-order valence-corrected chi connectivity index (χ1v) is 12.7. The van der Waals surface area contributed by atoms with Crippen LogP contribution in [0, 0.1) is 0 Å². The van der Waals surface area contributed by atoms with Gasteiger partial charge in [-0.2, -0.15) is 10.2 Å². The number of benzene rings is 2. The summed E-state index contributed by atoms with van der Waals surface area (Å²) in [5.41, 5.74) is 1.64. The van der Waals surface area contributed by atoms with Crippen LogP contribution in [-0.2, 0) is 0 Å². The second kappa shape index (κ2) is 17.2. The fraction of sp³-hybridized carbons (Fsp3) is 0.571. The van der Waals surface area contributed by atoms with Crippen molar-refractivity contribution in [3.8, 4) is 11.5 Å². The molecule has 32 heavy (non-hydrogen) atoms. The first kappa shape index (κ1) is 25.9. The average molecular weight is 439 g/mol. The highest BCUT2D eigenvalue weighted by Crippen LogP contribution is 2.23. The molecule has 0 aliphatic rings. The van der Waals surface area contributed by atoms with Gasteiger partial charge < -0.3 is 9.47 Å². The zero-order valence-electron chi connectivity index (χ0n) is 20.2. The molecular formula is C28H42N2O2. The van der Waals surface area contributed by atoms with E-state index < -0.39 is 0 Å². The number of hydrogen-bond acceptors (Lipinski definition) is 4. The molecule has 176 valence electrons. The quantitative estimate of drug-likeness (QED) is 0.172. The third kappa shape index (κ3) is 11.9. The number of nitrogens with zero attached hydrogens (tertiary/aromatic N) is 2. The lowest BCUT2D eigenvalue weighted by Crippen LogP contribution is -1.96. The van der Waals surface area contributed by atoms with Crippen molar-refractivity contribution >= 4 is 11.4 Å². The van der Waals surface area contributed by atoms with Crippen molar-refractivity contribution in [2.75, 3.05) is 13.2 Å². The molecule has 2 rings (SSSR count). The first-order valence-electron chi connectivity index (χ1n) is 12.7. The second-order valence-corrected chi connectivity index (χ2v) is 8.42. The van der Waals surface area contributed by atoms with Crippen molar-refractivity contribution in [3.63, 3.8) is 0 Å². The average Bonchev–Trinajstić information content (AvgIpc) is 2.83. The Labute approximate surface area is 195 Å². The van der Waals surface area contributed by atoms with Crippen LogP contribution in [0.2, 0.25) is 0 Å². The van der Waals surface area contributed by atoms with Crippen molar-refractivity contribution in [3.05, 3.63) is 48.5 Å². The molecule has 0 fully saturated rings. The fourth-order valence-electron chi connectivity index (χ4n) is 3.48. The second-order valence-electron chi connectivity index (χ2n) is 8.42. The molecule has 0 bridgehead atoms. The van der Waals surface area contributed by atoms with Crippen molar-refractivity contribution in [1.29, 1.82) is 0 Å². The molecule has 0 spiro atoms. The number of hydrogen-bond donors (Lipinski definition) is 0. The minimum atomic E-state index is 0.778. The van der Waals surface area contributed by atoms with Crippen LogP contribution in [0.5, 0.6) is 11.5 Å². The Hall–Kier alpha value is -2.36. The standard InChI is InChI=1S/C28H42N2O2/c1-3-5-7-9-11-13-23-31-27-19-15-25(16-20-27)29-30-26-17-21-28(22-18-26)32-24-14-12-10-8-6-4-2/h15-22H,3-14,23-24H2,1-2H3/b30-29+. The van der Waals surface area contributed by atoms with Gasteiger partial charge in [0.1, 0.15) is 11.5 Å². The van der Waals surface area contributed by atoms with Crippen molar-refractivity contribution < 1.29 is 9.47 Å². The summed E-state index contributed by atoms with van der Waals surface area (Å²) in [5.74, 6) is 1.79. The zero-order valence-corrected chi connectivity index (χ0v) is 20.2. The van der Waals surface area contributed by atoms with Gasteiger partial charge in [0, 0.05) is 0 Å². The van der Waals surface area contributed by atoms with Crippen LogP contribution in [0.1, 0.15) is 90.9 Å². The maximum Gasteiger partial charge on any atom is 0.119 e. The minimum Gasteiger partial charge on any atom is -0.494 e. The Bertz CT molecular complexity index is 663. The first-order chi connectivity index (χ1) is 15.8. The van der Waals surface area contributed by atoms with E-state index in [1.165, 1.54) is 64.2 Å². The molecule has 4 nitrogen and oxygen atoms in total. The largest absolute Gasteiger partial charge is 0.494 e. The molecule has 0 aromatic heterocycles. The van der Waals surface area contributed by atoms with Gasteiger partial charge in [-0.15, -0.1) is 0 Å². The summed E-state index contributed by atoms with van der Waals surface area (Å²) < 4.78 is 11.6. The molecule has 2 aromatic carbocycles. The summed E-state index contributed by atoms with van der Waals surface area (Å²) in [5, 5.41) is 8.65. The SMILES string of the molecule is CCCCCCCCOc1ccc(/N=N/c2ccc(OCCCCCCCC)cc2)cc1. The maximum absolute atomic E-state index is 5.82. The summed E-state index contributed by atoms with van der Waals surface area (Å²) in [6.07, 6.45) is 15.3. The number of azo groups is 1. The molecule has 0 aliphatic carbocycles. The Kier molecular flexibility index (Phi) is 13.9. The van der Waals surface area contributed by atoms with Crippen LogP contribution < -0.4 is 9.47 Å². The highest BCUT2D eigenvalue weighted by Gasteiger charge is 1.98. The van der Waals surface area contributed by atoms with Crippen molar-refractivity contribution in [2.45, 2.75) is 90.9 Å². The minimum absolute atomic E-state index is 0.778. The smallest absolute Gasteiger partial charge is 0.119 e. The molecule has 0 amide bonds. The van der Waals surface area contributed by atoms with E-state index in [1.54, 1.807) is 0 Å². The molecule has 0 N–H and O–H groups in total. The van der Waals surface area contributed by atoms with E-state index in [0.717, 1.165) is 48.9 Å². The van der Waals surface area contributed by atoms with E-state index in [0.29, 0.717) is 0 Å². The van der Waals surface area contributed by atoms with Gasteiger partial charge in [0.15, 0.2) is 0 Å². The normalized spacial score (nSPS) is 11.2. The monoisotopic (exact) mass is 438 g/mol. The third-order valence-corrected chi connectivity index (χ3v) is 5.49. The molecule has 0 saturated heterocycles.